The van der Waals surface area contributed by atoms with Crippen molar-refractivity contribution in [2.24, 2.45) is 5.41 Å². The number of pyridine rings is 1. The van der Waals surface area contributed by atoms with Crippen LogP contribution in [0, 0.1) is 22.7 Å². The summed E-state index contributed by atoms with van der Waals surface area (Å²) in [4.78, 5) is 44.0. The average Bonchev–Trinajstić information content (AvgIpc) is 3.93. The van der Waals surface area contributed by atoms with Gasteiger partial charge in [0.05, 0.1) is 31.3 Å². The number of nitrogens with one attached hydrogen (secondary N) is 1. The predicted octanol–water partition coefficient (Wildman–Crippen LogP) is 9.53. The van der Waals surface area contributed by atoms with E-state index in [0.717, 1.165) is 12.8 Å². The van der Waals surface area contributed by atoms with Gasteiger partial charge in [-0.3, -0.25) is 10.2 Å². The zero-order valence-corrected chi connectivity index (χ0v) is 38.4. The van der Waals surface area contributed by atoms with Crippen LogP contribution < -0.4 is 19.7 Å². The lowest BCUT2D eigenvalue weighted by Gasteiger charge is -2.47. The quantitative estimate of drug-likeness (QED) is 0.109. The number of fused-ring (bicyclic) bond motifs is 6. The molecule has 1 aliphatic carbocycles. The number of aliphatic hydroxyl groups excluding tert-OH is 1. The van der Waals surface area contributed by atoms with E-state index in [1.165, 1.54) is 4.90 Å². The standard InChI is InChI=1S/C47H59FN6O7Si/c1-25(2)62(26(3)4,27(5)6)19-16-29-12-11-13-30-20-31(49-44(56)61-46(8,9)10)21-33(35(29)30)38-37(48)39-36-41(52-43(51-39)59-24-47(23-55)17-18-47)53-22-32-14-15-34(54(32)45(57)58)40(53)28(7)60-42(36)50-38/h11-13,20-21,25-28,32,34,40,55H,14-15,17-18,22-24H2,1-10H3,(H,49,56)(H,57,58). The molecule has 4 aliphatic rings. The number of rotatable bonds is 9. The first-order valence-corrected chi connectivity index (χ1v) is 24.2. The van der Waals surface area contributed by atoms with E-state index < -0.39 is 55.3 Å². The summed E-state index contributed by atoms with van der Waals surface area (Å²) in [7, 11) is -2.22. The average molecular weight is 867 g/mol. The van der Waals surface area contributed by atoms with E-state index >= 15 is 4.39 Å². The summed E-state index contributed by atoms with van der Waals surface area (Å²) in [5, 5.41) is 24.9. The predicted molar refractivity (Wildman–Crippen MR) is 240 cm³/mol. The Morgan fingerprint density at radius 1 is 1.05 bits per heavy atom. The summed E-state index contributed by atoms with van der Waals surface area (Å²) in [6.07, 6.45) is 0.608. The number of anilines is 2. The SMILES string of the molecule is CC1Oc2nc(-c3cc(NC(=O)OC(C)(C)C)cc4cccc(C#C[Si](C(C)C)(C(C)C)C(C)C)c34)c(F)c3nc(OCC4(CO)CC4)nc(c23)N2CC3CCC(C12)N3C(=O)O. The second-order valence-electron chi connectivity index (χ2n) is 19.7. The zero-order chi connectivity index (χ0) is 44.6. The summed E-state index contributed by atoms with van der Waals surface area (Å²) >= 11 is 0. The first-order valence-electron chi connectivity index (χ1n) is 22.0. The number of halogens is 1. The van der Waals surface area contributed by atoms with Crippen molar-refractivity contribution in [3.63, 3.8) is 0 Å². The highest BCUT2D eigenvalue weighted by molar-refractivity contribution is 6.90. The number of benzene rings is 2. The van der Waals surface area contributed by atoms with Crippen molar-refractivity contribution in [3.8, 4) is 34.6 Å². The Kier molecular flexibility index (Phi) is 11.1. The van der Waals surface area contributed by atoms with Crippen molar-refractivity contribution in [1.82, 2.24) is 19.9 Å². The minimum absolute atomic E-state index is 0.0605. The summed E-state index contributed by atoms with van der Waals surface area (Å²) < 4.78 is 36.6. The van der Waals surface area contributed by atoms with Crippen molar-refractivity contribution < 1.29 is 38.4 Å². The molecule has 2 aromatic heterocycles. The molecule has 330 valence electrons. The van der Waals surface area contributed by atoms with Gasteiger partial charge in [-0.2, -0.15) is 9.97 Å². The topological polar surface area (TPSA) is 159 Å². The van der Waals surface area contributed by atoms with Gasteiger partial charge in [0, 0.05) is 34.2 Å². The third-order valence-electron chi connectivity index (χ3n) is 13.6. The van der Waals surface area contributed by atoms with Gasteiger partial charge < -0.3 is 29.3 Å². The number of hydrogen-bond donors (Lipinski definition) is 3. The Bertz CT molecular complexity index is 2490. The van der Waals surface area contributed by atoms with Crippen LogP contribution in [0.1, 0.15) is 100 Å². The molecule has 0 spiro atoms. The summed E-state index contributed by atoms with van der Waals surface area (Å²) in [5.41, 5.74) is 5.03. The zero-order valence-electron chi connectivity index (χ0n) is 37.4. The smallest absolute Gasteiger partial charge is 0.412 e. The molecule has 4 unspecified atom stereocenters. The second kappa shape index (κ2) is 15.9. The van der Waals surface area contributed by atoms with Crippen LogP contribution in [0.15, 0.2) is 30.3 Å². The minimum atomic E-state index is -2.22. The number of carbonyl (C=O) groups excluding carboxylic acids is 1. The molecule has 13 nitrogen and oxygen atoms in total. The molecule has 62 heavy (non-hydrogen) atoms. The highest BCUT2D eigenvalue weighted by Crippen LogP contribution is 2.49. The Labute approximate surface area is 363 Å². The molecule has 3 N–H and O–H groups in total. The lowest BCUT2D eigenvalue weighted by Crippen LogP contribution is -2.64. The fourth-order valence-electron chi connectivity index (χ4n) is 10.5. The molecule has 2 amide bonds. The van der Waals surface area contributed by atoms with Crippen molar-refractivity contribution in [1.29, 1.82) is 0 Å². The van der Waals surface area contributed by atoms with Crippen LogP contribution in [0.25, 0.3) is 32.9 Å². The van der Waals surface area contributed by atoms with Crippen molar-refractivity contribution >= 4 is 53.4 Å². The molecule has 2 aromatic carbocycles. The number of amides is 2. The van der Waals surface area contributed by atoms with Crippen LogP contribution in [0.4, 0.5) is 25.5 Å². The summed E-state index contributed by atoms with van der Waals surface area (Å²) in [6, 6.07) is 8.01. The molecule has 3 fully saturated rings. The number of carboxylic acid groups (broad SMARTS) is 1. The number of carbonyl (C=O) groups is 2. The van der Waals surface area contributed by atoms with E-state index in [9.17, 15) is 19.8 Å². The van der Waals surface area contributed by atoms with E-state index in [4.69, 9.17) is 29.2 Å². The lowest BCUT2D eigenvalue weighted by atomic mass is 9.95. The van der Waals surface area contributed by atoms with Crippen LogP contribution in [0.5, 0.6) is 11.9 Å². The van der Waals surface area contributed by atoms with Crippen molar-refractivity contribution in [3.05, 3.63) is 41.7 Å². The third-order valence-corrected chi connectivity index (χ3v) is 19.9. The molecular formula is C47H59FN6O7Si. The van der Waals surface area contributed by atoms with Crippen LogP contribution >= 0.6 is 0 Å². The number of aromatic nitrogens is 3. The van der Waals surface area contributed by atoms with Crippen LogP contribution in [-0.2, 0) is 4.74 Å². The first kappa shape index (κ1) is 43.4. The molecule has 2 bridgehead atoms. The molecule has 3 aliphatic heterocycles. The molecule has 8 rings (SSSR count). The van der Waals surface area contributed by atoms with Gasteiger partial charge in [0.2, 0.25) is 5.88 Å². The van der Waals surface area contributed by atoms with Gasteiger partial charge in [-0.05, 0) is 93.6 Å². The minimum Gasteiger partial charge on any atom is -0.472 e. The molecular weight excluding hydrogens is 808 g/mol. The van der Waals surface area contributed by atoms with E-state index in [2.05, 4.69) is 58.3 Å². The summed E-state index contributed by atoms with van der Waals surface area (Å²) in [6.45, 7) is 21.2. The molecule has 2 saturated heterocycles. The van der Waals surface area contributed by atoms with E-state index in [1.807, 2.05) is 36.1 Å². The van der Waals surface area contributed by atoms with Crippen molar-refractivity contribution in [2.75, 3.05) is 30.0 Å². The molecule has 0 radical (unpaired) electrons. The Hall–Kier alpha value is -5.20. The van der Waals surface area contributed by atoms with E-state index in [1.54, 1.807) is 26.8 Å². The third kappa shape index (κ3) is 7.56. The Balaban J connectivity index is 1.38. The molecule has 1 saturated carbocycles. The second-order valence-corrected chi connectivity index (χ2v) is 25.3. The number of hydrogen-bond acceptors (Lipinski definition) is 10. The lowest BCUT2D eigenvalue weighted by molar-refractivity contribution is 0.0634. The number of piperazine rings is 1. The highest BCUT2D eigenvalue weighted by Gasteiger charge is 2.53. The fourth-order valence-corrected chi connectivity index (χ4v) is 15.7. The molecule has 4 aromatic rings. The maximum atomic E-state index is 18.0. The fraction of sp³-hybridized carbons (Fsp3) is 0.553. The molecule has 5 heterocycles. The molecule has 4 atom stereocenters. The Morgan fingerprint density at radius 3 is 2.39 bits per heavy atom. The van der Waals surface area contributed by atoms with Crippen molar-refractivity contribution in [2.45, 2.75) is 141 Å². The maximum Gasteiger partial charge on any atom is 0.412 e. The van der Waals surface area contributed by atoms with Gasteiger partial charge in [-0.15, -0.1) is 5.54 Å². The van der Waals surface area contributed by atoms with Gasteiger partial charge in [0.15, 0.2) is 5.82 Å². The van der Waals surface area contributed by atoms with Gasteiger partial charge in [-0.25, -0.2) is 19.0 Å². The van der Waals surface area contributed by atoms with Gasteiger partial charge in [0.1, 0.15) is 42.2 Å². The number of ether oxygens (including phenoxy) is 3. The maximum absolute atomic E-state index is 18.0. The van der Waals surface area contributed by atoms with Gasteiger partial charge in [0.25, 0.3) is 0 Å². The summed E-state index contributed by atoms with van der Waals surface area (Å²) in [5.74, 6) is 3.31. The van der Waals surface area contributed by atoms with Crippen LogP contribution in [-0.4, -0.2) is 99.9 Å². The monoisotopic (exact) mass is 866 g/mol. The van der Waals surface area contributed by atoms with Crippen LogP contribution in [0.3, 0.4) is 0 Å². The largest absolute Gasteiger partial charge is 0.472 e. The molecule has 15 heteroatoms. The number of aliphatic hydroxyl groups is 1. The van der Waals surface area contributed by atoms with Crippen LogP contribution in [0.2, 0.25) is 16.6 Å². The normalized spacial score (nSPS) is 21.4. The first-order chi connectivity index (χ1) is 29.3. The highest BCUT2D eigenvalue weighted by atomic mass is 28.3. The Morgan fingerprint density at radius 2 is 1.76 bits per heavy atom. The van der Waals surface area contributed by atoms with Gasteiger partial charge in [-0.1, -0.05) is 59.6 Å². The van der Waals surface area contributed by atoms with E-state index in [0.29, 0.717) is 69.4 Å². The van der Waals surface area contributed by atoms with E-state index in [-0.39, 0.29) is 47.7 Å². The van der Waals surface area contributed by atoms with Gasteiger partial charge >= 0.3 is 18.2 Å². The number of nitrogens with zero attached hydrogens (tertiary/aromatic N) is 5.